The smallest absolute Gasteiger partial charge is 0.163 e. The van der Waals surface area contributed by atoms with Crippen molar-refractivity contribution in [2.75, 3.05) is 24.6 Å². The van der Waals surface area contributed by atoms with Gasteiger partial charge in [0.05, 0.1) is 17.2 Å². The van der Waals surface area contributed by atoms with Crippen molar-refractivity contribution < 1.29 is 4.74 Å². The van der Waals surface area contributed by atoms with Gasteiger partial charge >= 0.3 is 0 Å². The van der Waals surface area contributed by atoms with Crippen molar-refractivity contribution in [3.05, 3.63) is 11.5 Å². The van der Waals surface area contributed by atoms with Gasteiger partial charge in [0.25, 0.3) is 0 Å². The predicted octanol–water partition coefficient (Wildman–Crippen LogP) is 2.38. The van der Waals surface area contributed by atoms with Crippen LogP contribution in [0.25, 0.3) is 11.0 Å². The highest BCUT2D eigenvalue weighted by Gasteiger charge is 2.25. The number of rotatable bonds is 4. The van der Waals surface area contributed by atoms with Crippen LogP contribution in [0.5, 0.6) is 0 Å². The molecule has 0 aromatic carbocycles. The van der Waals surface area contributed by atoms with Crippen LogP contribution in [0.2, 0.25) is 0 Å². The predicted molar refractivity (Wildman–Crippen MR) is 87.3 cm³/mol. The van der Waals surface area contributed by atoms with E-state index in [4.69, 9.17) is 9.72 Å². The number of aromatic nitrogens is 4. The monoisotopic (exact) mass is 303 g/mol. The van der Waals surface area contributed by atoms with E-state index in [1.807, 2.05) is 25.6 Å². The van der Waals surface area contributed by atoms with Crippen molar-refractivity contribution >= 4 is 16.9 Å². The van der Waals surface area contributed by atoms with E-state index >= 15 is 0 Å². The van der Waals surface area contributed by atoms with Crippen LogP contribution in [0.4, 0.5) is 5.82 Å². The average molecular weight is 303 g/mol. The van der Waals surface area contributed by atoms with Crippen molar-refractivity contribution in [2.24, 2.45) is 7.05 Å². The summed E-state index contributed by atoms with van der Waals surface area (Å²) in [4.78, 5) is 11.6. The summed E-state index contributed by atoms with van der Waals surface area (Å²) < 4.78 is 7.80. The average Bonchev–Trinajstić information content (AvgIpc) is 2.79. The first-order valence-electron chi connectivity index (χ1n) is 8.14. The molecule has 1 fully saturated rings. The van der Waals surface area contributed by atoms with Gasteiger partial charge in [-0.15, -0.1) is 0 Å². The van der Waals surface area contributed by atoms with Crippen molar-refractivity contribution in [2.45, 2.75) is 46.1 Å². The molecule has 3 rings (SSSR count). The molecule has 1 aliphatic rings. The third-order valence-electron chi connectivity index (χ3n) is 4.19. The Kier molecular flexibility index (Phi) is 4.29. The van der Waals surface area contributed by atoms with Crippen LogP contribution in [0.15, 0.2) is 0 Å². The zero-order valence-electron chi connectivity index (χ0n) is 14.0. The minimum absolute atomic E-state index is 0.302. The van der Waals surface area contributed by atoms with Crippen molar-refractivity contribution in [3.8, 4) is 0 Å². The van der Waals surface area contributed by atoms with Crippen LogP contribution >= 0.6 is 0 Å². The summed E-state index contributed by atoms with van der Waals surface area (Å²) >= 11 is 0. The number of nitrogens with zero attached hydrogens (tertiary/aromatic N) is 5. The molecule has 0 spiro atoms. The Labute approximate surface area is 131 Å². The summed E-state index contributed by atoms with van der Waals surface area (Å²) in [6.45, 7) is 8.88. The second-order valence-electron chi connectivity index (χ2n) is 6.08. The molecule has 2 aromatic heterocycles. The molecule has 0 amide bonds. The number of ether oxygens (including phenoxy) is 1. The second kappa shape index (κ2) is 6.20. The Morgan fingerprint density at radius 1 is 1.27 bits per heavy atom. The van der Waals surface area contributed by atoms with Crippen LogP contribution < -0.4 is 4.90 Å². The number of piperidine rings is 1. The zero-order chi connectivity index (χ0) is 15.7. The molecular formula is C16H25N5O. The number of hydrogen-bond acceptors (Lipinski definition) is 5. The van der Waals surface area contributed by atoms with Gasteiger partial charge in [-0.05, 0) is 33.1 Å². The molecule has 0 aliphatic carbocycles. The molecule has 2 aromatic rings. The summed E-state index contributed by atoms with van der Waals surface area (Å²) in [5, 5.41) is 5.59. The summed E-state index contributed by atoms with van der Waals surface area (Å²) in [5.41, 5.74) is 1.90. The van der Waals surface area contributed by atoms with Crippen LogP contribution in [0, 0.1) is 13.8 Å². The van der Waals surface area contributed by atoms with E-state index in [2.05, 4.69) is 21.9 Å². The van der Waals surface area contributed by atoms with E-state index in [0.717, 1.165) is 67.3 Å². The van der Waals surface area contributed by atoms with Crippen molar-refractivity contribution in [1.82, 2.24) is 19.7 Å². The summed E-state index contributed by atoms with van der Waals surface area (Å²) in [6.07, 6.45) is 3.64. The highest BCUT2D eigenvalue weighted by Crippen LogP contribution is 2.29. The standard InChI is InChI=1S/C16H25N5O/c1-5-9-22-13-7-6-8-21(10-13)16-14-11(2)19-20(4)15(14)17-12(3)18-16/h13H,5-10H2,1-4H3/t13-/m1/s1. The van der Waals surface area contributed by atoms with E-state index in [0.29, 0.717) is 6.10 Å². The van der Waals surface area contributed by atoms with E-state index in [9.17, 15) is 0 Å². The second-order valence-corrected chi connectivity index (χ2v) is 6.08. The molecule has 22 heavy (non-hydrogen) atoms. The fourth-order valence-corrected chi connectivity index (χ4v) is 3.20. The Hall–Kier alpha value is -1.69. The topological polar surface area (TPSA) is 56.1 Å². The Balaban J connectivity index is 1.95. The van der Waals surface area contributed by atoms with Gasteiger partial charge in [0.15, 0.2) is 5.65 Å². The highest BCUT2D eigenvalue weighted by molar-refractivity contribution is 5.90. The fourth-order valence-electron chi connectivity index (χ4n) is 3.20. The van der Waals surface area contributed by atoms with Crippen LogP contribution in [-0.2, 0) is 11.8 Å². The molecule has 1 atom stereocenters. The summed E-state index contributed by atoms with van der Waals surface area (Å²) in [7, 11) is 1.94. The van der Waals surface area contributed by atoms with Gasteiger partial charge in [-0.25, -0.2) is 9.97 Å². The lowest BCUT2D eigenvalue weighted by molar-refractivity contribution is 0.0439. The normalized spacial score (nSPS) is 19.1. The lowest BCUT2D eigenvalue weighted by Crippen LogP contribution is -2.40. The van der Waals surface area contributed by atoms with Gasteiger partial charge < -0.3 is 9.64 Å². The third kappa shape index (κ3) is 2.79. The molecule has 0 unspecified atom stereocenters. The molecule has 0 radical (unpaired) electrons. The Morgan fingerprint density at radius 2 is 2.09 bits per heavy atom. The summed E-state index contributed by atoms with van der Waals surface area (Å²) in [6, 6.07) is 0. The minimum Gasteiger partial charge on any atom is -0.376 e. The van der Waals surface area contributed by atoms with Crippen molar-refractivity contribution in [3.63, 3.8) is 0 Å². The van der Waals surface area contributed by atoms with Gasteiger partial charge in [-0.1, -0.05) is 6.92 Å². The molecule has 120 valence electrons. The maximum atomic E-state index is 5.96. The lowest BCUT2D eigenvalue weighted by atomic mass is 10.1. The maximum absolute atomic E-state index is 5.96. The quantitative estimate of drug-likeness (QED) is 0.868. The van der Waals surface area contributed by atoms with Gasteiger partial charge in [0.2, 0.25) is 0 Å². The highest BCUT2D eigenvalue weighted by atomic mass is 16.5. The Bertz CT molecular complexity index is 666. The van der Waals surface area contributed by atoms with Gasteiger partial charge in [0, 0.05) is 26.7 Å². The number of anilines is 1. The Morgan fingerprint density at radius 3 is 2.86 bits per heavy atom. The third-order valence-corrected chi connectivity index (χ3v) is 4.19. The minimum atomic E-state index is 0.302. The largest absolute Gasteiger partial charge is 0.376 e. The van der Waals surface area contributed by atoms with E-state index < -0.39 is 0 Å². The molecule has 0 N–H and O–H groups in total. The molecular weight excluding hydrogens is 278 g/mol. The molecule has 1 saturated heterocycles. The van der Waals surface area contributed by atoms with E-state index in [1.54, 1.807) is 0 Å². The van der Waals surface area contributed by atoms with Gasteiger partial charge in [0.1, 0.15) is 11.6 Å². The lowest BCUT2D eigenvalue weighted by Gasteiger charge is -2.33. The first-order chi connectivity index (χ1) is 10.6. The number of aryl methyl sites for hydroxylation is 3. The van der Waals surface area contributed by atoms with E-state index in [-0.39, 0.29) is 0 Å². The molecule has 3 heterocycles. The molecule has 1 aliphatic heterocycles. The van der Waals surface area contributed by atoms with E-state index in [1.165, 1.54) is 0 Å². The first kappa shape index (κ1) is 15.2. The van der Waals surface area contributed by atoms with Gasteiger partial charge in [-0.2, -0.15) is 5.10 Å². The zero-order valence-corrected chi connectivity index (χ0v) is 14.0. The maximum Gasteiger partial charge on any atom is 0.163 e. The molecule has 0 saturated carbocycles. The van der Waals surface area contributed by atoms with Crippen LogP contribution in [0.3, 0.4) is 0 Å². The summed E-state index contributed by atoms with van der Waals surface area (Å²) in [5.74, 6) is 1.81. The first-order valence-corrected chi connectivity index (χ1v) is 8.14. The van der Waals surface area contributed by atoms with Gasteiger partial charge in [-0.3, -0.25) is 4.68 Å². The van der Waals surface area contributed by atoms with Crippen LogP contribution in [0.1, 0.15) is 37.7 Å². The fraction of sp³-hybridized carbons (Fsp3) is 0.688. The molecule has 6 heteroatoms. The van der Waals surface area contributed by atoms with Crippen molar-refractivity contribution in [1.29, 1.82) is 0 Å². The molecule has 0 bridgehead atoms. The SMILES string of the molecule is CCCO[C@@H]1CCCN(c2nc(C)nc3c2c(C)nn3C)C1. The molecule has 6 nitrogen and oxygen atoms in total. The number of hydrogen-bond donors (Lipinski definition) is 0. The number of fused-ring (bicyclic) bond motifs is 1. The van der Waals surface area contributed by atoms with Crippen LogP contribution in [-0.4, -0.2) is 45.5 Å².